The van der Waals surface area contributed by atoms with Crippen LogP contribution in [0.3, 0.4) is 0 Å². The minimum Gasteiger partial charge on any atom is -0.317 e. The van der Waals surface area contributed by atoms with E-state index in [1.807, 2.05) is 0 Å². The van der Waals surface area contributed by atoms with Crippen LogP contribution in [-0.2, 0) is 10.2 Å². The summed E-state index contributed by atoms with van der Waals surface area (Å²) in [6, 6.07) is 0.117. The van der Waals surface area contributed by atoms with Gasteiger partial charge in [0.15, 0.2) is 0 Å². The molecule has 0 radical (unpaired) electrons. The molecule has 2 atom stereocenters. The van der Waals surface area contributed by atoms with Crippen LogP contribution in [-0.4, -0.2) is 44.9 Å². The van der Waals surface area contributed by atoms with Crippen molar-refractivity contribution < 1.29 is 8.42 Å². The van der Waals surface area contributed by atoms with Crippen molar-refractivity contribution in [1.29, 1.82) is 0 Å². The van der Waals surface area contributed by atoms with Crippen molar-refractivity contribution in [2.75, 3.05) is 26.2 Å². The largest absolute Gasteiger partial charge is 0.317 e. The van der Waals surface area contributed by atoms with Crippen molar-refractivity contribution in [3.63, 3.8) is 0 Å². The van der Waals surface area contributed by atoms with Gasteiger partial charge in [0.05, 0.1) is 0 Å². The fraction of sp³-hybridized carbons (Fsp3) is 1.00. The van der Waals surface area contributed by atoms with E-state index in [0.717, 1.165) is 32.4 Å². The van der Waals surface area contributed by atoms with Gasteiger partial charge >= 0.3 is 0 Å². The summed E-state index contributed by atoms with van der Waals surface area (Å²) in [6.07, 6.45) is 3.03. The predicted molar refractivity (Wildman–Crippen MR) is 77.1 cm³/mol. The molecule has 1 heterocycles. The van der Waals surface area contributed by atoms with Crippen LogP contribution in [0.4, 0.5) is 0 Å². The molecule has 0 aromatic carbocycles. The van der Waals surface area contributed by atoms with Gasteiger partial charge in [0.1, 0.15) is 0 Å². The summed E-state index contributed by atoms with van der Waals surface area (Å²) in [5.41, 5.74) is 0.131. The Morgan fingerprint density at radius 2 is 2.05 bits per heavy atom. The summed E-state index contributed by atoms with van der Waals surface area (Å²) < 4.78 is 29.2. The number of nitrogens with zero attached hydrogens (tertiary/aromatic N) is 1. The predicted octanol–water partition coefficient (Wildman–Crippen LogP) is 0.941. The first-order valence-corrected chi connectivity index (χ1v) is 8.77. The zero-order valence-corrected chi connectivity index (χ0v) is 13.1. The lowest BCUT2D eigenvalue weighted by molar-refractivity contribution is 0.258. The average Bonchev–Trinajstić information content (AvgIpc) is 2.93. The molecule has 19 heavy (non-hydrogen) atoms. The zero-order valence-electron chi connectivity index (χ0n) is 12.3. The van der Waals surface area contributed by atoms with Crippen molar-refractivity contribution in [1.82, 2.24) is 14.3 Å². The van der Waals surface area contributed by atoms with Crippen LogP contribution in [0.1, 0.15) is 40.0 Å². The summed E-state index contributed by atoms with van der Waals surface area (Å²) in [5.74, 6) is 0.442. The van der Waals surface area contributed by atoms with Crippen LogP contribution in [0.25, 0.3) is 0 Å². The summed E-state index contributed by atoms with van der Waals surface area (Å²) in [5, 5.41) is 3.31. The smallest absolute Gasteiger partial charge is 0.279 e. The Balaban J connectivity index is 1.89. The van der Waals surface area contributed by atoms with Gasteiger partial charge in [-0.3, -0.25) is 0 Å². The van der Waals surface area contributed by atoms with Gasteiger partial charge in [0.25, 0.3) is 10.2 Å². The fourth-order valence-corrected chi connectivity index (χ4v) is 4.37. The van der Waals surface area contributed by atoms with Crippen molar-refractivity contribution in [2.45, 2.75) is 46.1 Å². The first-order chi connectivity index (χ1) is 8.85. The van der Waals surface area contributed by atoms with Crippen molar-refractivity contribution in [3.8, 4) is 0 Å². The topological polar surface area (TPSA) is 61.4 Å². The third kappa shape index (κ3) is 3.90. The lowest BCUT2D eigenvalue weighted by Gasteiger charge is -2.32. The molecule has 6 heteroatoms. The highest BCUT2D eigenvalue weighted by Gasteiger charge is 2.48. The number of piperidine rings is 1. The van der Waals surface area contributed by atoms with Gasteiger partial charge in [-0.25, -0.2) is 0 Å². The molecule has 2 unspecified atom stereocenters. The Hall–Kier alpha value is -0.170. The van der Waals surface area contributed by atoms with E-state index < -0.39 is 10.2 Å². The molecule has 0 aromatic heterocycles. The second kappa shape index (κ2) is 5.68. The van der Waals surface area contributed by atoms with E-state index in [9.17, 15) is 8.42 Å². The number of nitrogens with one attached hydrogen (secondary N) is 2. The molecule has 0 amide bonds. The first kappa shape index (κ1) is 15.2. The van der Waals surface area contributed by atoms with Gasteiger partial charge < -0.3 is 5.32 Å². The van der Waals surface area contributed by atoms with Crippen LogP contribution in [0.5, 0.6) is 0 Å². The standard InChI is InChI=1S/C13H27N3O2S/c1-4-14-9-11-6-5-7-16(10-11)19(17,18)15-12-8-13(12,2)3/h11-12,14-15H,4-10H2,1-3H3. The molecule has 2 aliphatic rings. The molecule has 1 aliphatic carbocycles. The van der Waals surface area contributed by atoms with E-state index >= 15 is 0 Å². The molecule has 5 nitrogen and oxygen atoms in total. The normalized spacial score (nSPS) is 31.3. The monoisotopic (exact) mass is 289 g/mol. The molecule has 1 saturated carbocycles. The Bertz CT molecular complexity index is 408. The average molecular weight is 289 g/mol. The number of hydrogen-bond donors (Lipinski definition) is 2. The summed E-state index contributed by atoms with van der Waals surface area (Å²) >= 11 is 0. The molecule has 1 aliphatic heterocycles. The quantitative estimate of drug-likeness (QED) is 0.765. The van der Waals surface area contributed by atoms with E-state index in [-0.39, 0.29) is 11.5 Å². The third-order valence-corrected chi connectivity index (χ3v) is 5.90. The molecule has 0 aromatic rings. The van der Waals surface area contributed by atoms with Gasteiger partial charge in [-0.05, 0) is 43.7 Å². The van der Waals surface area contributed by atoms with E-state index in [1.165, 1.54) is 0 Å². The molecule has 2 N–H and O–H groups in total. The highest BCUT2D eigenvalue weighted by atomic mass is 32.2. The summed E-state index contributed by atoms with van der Waals surface area (Å²) in [6.45, 7) is 9.44. The van der Waals surface area contributed by atoms with Crippen LogP contribution < -0.4 is 10.0 Å². The van der Waals surface area contributed by atoms with E-state index in [4.69, 9.17) is 0 Å². The summed E-state index contributed by atoms with van der Waals surface area (Å²) in [4.78, 5) is 0. The first-order valence-electron chi connectivity index (χ1n) is 7.33. The second-order valence-corrected chi connectivity index (χ2v) is 8.24. The third-order valence-electron chi connectivity index (χ3n) is 4.31. The van der Waals surface area contributed by atoms with Crippen LogP contribution >= 0.6 is 0 Å². The SMILES string of the molecule is CCNCC1CCCN(S(=O)(=O)NC2CC2(C)C)C1. The number of hydrogen-bond acceptors (Lipinski definition) is 3. The maximum Gasteiger partial charge on any atom is 0.279 e. The lowest BCUT2D eigenvalue weighted by Crippen LogP contribution is -2.48. The molecular formula is C13H27N3O2S. The minimum atomic E-state index is -3.29. The highest BCUT2D eigenvalue weighted by molar-refractivity contribution is 7.87. The molecular weight excluding hydrogens is 262 g/mol. The van der Waals surface area contributed by atoms with Crippen molar-refractivity contribution in [3.05, 3.63) is 0 Å². The molecule has 2 fully saturated rings. The van der Waals surface area contributed by atoms with E-state index in [0.29, 0.717) is 19.0 Å². The molecule has 0 spiro atoms. The molecule has 2 rings (SSSR count). The van der Waals surface area contributed by atoms with E-state index in [2.05, 4.69) is 30.8 Å². The molecule has 1 saturated heterocycles. The van der Waals surface area contributed by atoms with Crippen molar-refractivity contribution in [2.24, 2.45) is 11.3 Å². The lowest BCUT2D eigenvalue weighted by atomic mass is 10.00. The van der Waals surface area contributed by atoms with E-state index in [1.54, 1.807) is 4.31 Å². The van der Waals surface area contributed by atoms with Crippen molar-refractivity contribution >= 4 is 10.2 Å². The zero-order chi connectivity index (χ0) is 14.1. The second-order valence-electron chi connectivity index (χ2n) is 6.54. The van der Waals surface area contributed by atoms with Gasteiger partial charge in [-0.15, -0.1) is 0 Å². The minimum absolute atomic E-state index is 0.117. The Morgan fingerprint density at radius 1 is 1.37 bits per heavy atom. The Kier molecular flexibility index (Phi) is 4.55. The van der Waals surface area contributed by atoms with Gasteiger partial charge in [-0.2, -0.15) is 17.4 Å². The molecule has 0 bridgehead atoms. The van der Waals surface area contributed by atoms with Crippen LogP contribution in [0.2, 0.25) is 0 Å². The maximum atomic E-state index is 12.3. The maximum absolute atomic E-state index is 12.3. The van der Waals surface area contributed by atoms with Crippen LogP contribution in [0.15, 0.2) is 0 Å². The summed E-state index contributed by atoms with van der Waals surface area (Å²) in [7, 11) is -3.29. The highest BCUT2D eigenvalue weighted by Crippen LogP contribution is 2.45. The van der Waals surface area contributed by atoms with Gasteiger partial charge in [-0.1, -0.05) is 20.8 Å². The van der Waals surface area contributed by atoms with Gasteiger partial charge in [0.2, 0.25) is 0 Å². The fourth-order valence-electron chi connectivity index (χ4n) is 2.68. The number of rotatable bonds is 6. The van der Waals surface area contributed by atoms with Gasteiger partial charge in [0, 0.05) is 19.1 Å². The Morgan fingerprint density at radius 3 is 2.63 bits per heavy atom. The van der Waals surface area contributed by atoms with Crippen LogP contribution in [0, 0.1) is 11.3 Å². The Labute approximate surface area is 117 Å². The molecule has 112 valence electrons.